The van der Waals surface area contributed by atoms with Gasteiger partial charge in [0.25, 0.3) is 0 Å². The van der Waals surface area contributed by atoms with Gasteiger partial charge in [0.1, 0.15) is 11.3 Å². The third kappa shape index (κ3) is 3.58. The molecule has 2 N–H and O–H groups in total. The highest BCUT2D eigenvalue weighted by Gasteiger charge is 2.19. The fourth-order valence-corrected chi connectivity index (χ4v) is 3.28. The minimum Gasteiger partial charge on any atom is -0.459 e. The summed E-state index contributed by atoms with van der Waals surface area (Å²) in [6, 6.07) is 8.39. The number of benzene rings is 1. The first-order valence-electron chi connectivity index (χ1n) is 6.64. The van der Waals surface area contributed by atoms with Crippen molar-refractivity contribution < 1.29 is 9.52 Å². The molecule has 1 heterocycles. The van der Waals surface area contributed by atoms with Crippen LogP contribution in [0.2, 0.25) is 0 Å². The van der Waals surface area contributed by atoms with Crippen molar-refractivity contribution in [2.45, 2.75) is 31.2 Å². The van der Waals surface area contributed by atoms with E-state index in [1.165, 1.54) is 0 Å². The van der Waals surface area contributed by atoms with Crippen LogP contribution in [0.3, 0.4) is 0 Å². The first kappa shape index (κ1) is 15.9. The second kappa shape index (κ2) is 6.98. The maximum atomic E-state index is 9.34. The summed E-state index contributed by atoms with van der Waals surface area (Å²) in [7, 11) is 0. The van der Waals surface area contributed by atoms with Crippen LogP contribution in [0.25, 0.3) is 11.0 Å². The lowest BCUT2D eigenvalue weighted by Gasteiger charge is -2.24. The summed E-state index contributed by atoms with van der Waals surface area (Å²) in [5, 5.41) is 14.1. The van der Waals surface area contributed by atoms with E-state index < -0.39 is 0 Å². The molecule has 20 heavy (non-hydrogen) atoms. The van der Waals surface area contributed by atoms with Crippen LogP contribution in [0.15, 0.2) is 33.2 Å². The van der Waals surface area contributed by atoms with Crippen molar-refractivity contribution in [2.75, 3.05) is 12.9 Å². The third-order valence-corrected chi connectivity index (χ3v) is 5.13. The Morgan fingerprint density at radius 1 is 1.35 bits per heavy atom. The second-order valence-corrected chi connectivity index (χ2v) is 6.96. The molecule has 0 aliphatic heterocycles. The van der Waals surface area contributed by atoms with Gasteiger partial charge < -0.3 is 14.8 Å². The molecule has 0 radical (unpaired) electrons. The maximum absolute atomic E-state index is 9.34. The molecular weight excluding hydrogens is 338 g/mol. The van der Waals surface area contributed by atoms with E-state index in [0.29, 0.717) is 0 Å². The molecule has 3 unspecified atom stereocenters. The first-order chi connectivity index (χ1) is 9.55. The van der Waals surface area contributed by atoms with E-state index >= 15 is 0 Å². The number of hydrogen-bond acceptors (Lipinski definition) is 4. The number of fused-ring (bicyclic) bond motifs is 1. The number of thioether (sulfide) groups is 1. The summed E-state index contributed by atoms with van der Waals surface area (Å²) >= 11 is 5.14. The summed E-state index contributed by atoms with van der Waals surface area (Å²) in [6.45, 7) is 4.35. The van der Waals surface area contributed by atoms with Crippen molar-refractivity contribution in [1.82, 2.24) is 5.32 Å². The number of rotatable bonds is 6. The van der Waals surface area contributed by atoms with E-state index in [2.05, 4.69) is 47.2 Å². The van der Waals surface area contributed by atoms with Crippen LogP contribution in [0.5, 0.6) is 0 Å². The quantitative estimate of drug-likeness (QED) is 0.821. The highest BCUT2D eigenvalue weighted by molar-refractivity contribution is 9.10. The van der Waals surface area contributed by atoms with E-state index in [4.69, 9.17) is 4.42 Å². The normalized spacial score (nSPS) is 16.2. The molecule has 110 valence electrons. The van der Waals surface area contributed by atoms with Gasteiger partial charge in [0.05, 0.1) is 12.6 Å². The van der Waals surface area contributed by atoms with Crippen LogP contribution in [0.1, 0.15) is 25.6 Å². The standard InChI is InChI=1S/C15H20BrNO2S/c1-9(17-10(2)15(8-18)20-3)14-7-11-6-12(16)4-5-13(11)19-14/h4-7,9-10,15,17-18H,8H2,1-3H3. The molecule has 0 aliphatic carbocycles. The van der Waals surface area contributed by atoms with E-state index in [1.54, 1.807) is 11.8 Å². The van der Waals surface area contributed by atoms with Gasteiger partial charge in [-0.3, -0.25) is 0 Å². The Hall–Kier alpha value is -0.490. The fraction of sp³-hybridized carbons (Fsp3) is 0.467. The maximum Gasteiger partial charge on any atom is 0.134 e. The van der Waals surface area contributed by atoms with Crippen LogP contribution >= 0.6 is 27.7 Å². The van der Waals surface area contributed by atoms with E-state index in [9.17, 15) is 5.11 Å². The molecule has 1 aromatic carbocycles. The van der Waals surface area contributed by atoms with Crippen LogP contribution < -0.4 is 5.32 Å². The lowest BCUT2D eigenvalue weighted by atomic mass is 10.1. The summed E-state index contributed by atoms with van der Waals surface area (Å²) < 4.78 is 6.93. The van der Waals surface area contributed by atoms with Crippen LogP contribution in [-0.2, 0) is 0 Å². The lowest BCUT2D eigenvalue weighted by Crippen LogP contribution is -2.38. The summed E-state index contributed by atoms with van der Waals surface area (Å²) in [5.41, 5.74) is 0.896. The lowest BCUT2D eigenvalue weighted by molar-refractivity contribution is 0.269. The van der Waals surface area contributed by atoms with E-state index in [-0.39, 0.29) is 23.9 Å². The van der Waals surface area contributed by atoms with Crippen LogP contribution in [-0.4, -0.2) is 29.3 Å². The van der Waals surface area contributed by atoms with Gasteiger partial charge in [-0.25, -0.2) is 0 Å². The minimum atomic E-state index is 0.109. The minimum absolute atomic E-state index is 0.109. The van der Waals surface area contributed by atoms with Crippen molar-refractivity contribution in [2.24, 2.45) is 0 Å². The Morgan fingerprint density at radius 2 is 2.10 bits per heavy atom. The zero-order valence-electron chi connectivity index (χ0n) is 11.9. The molecule has 5 heteroatoms. The molecular formula is C15H20BrNO2S. The largest absolute Gasteiger partial charge is 0.459 e. The van der Waals surface area contributed by atoms with Gasteiger partial charge in [0.15, 0.2) is 0 Å². The average molecular weight is 358 g/mol. The summed E-state index contributed by atoms with van der Waals surface area (Å²) in [4.78, 5) is 0. The second-order valence-electron chi connectivity index (χ2n) is 4.96. The van der Waals surface area contributed by atoms with Gasteiger partial charge in [-0.05, 0) is 44.4 Å². The Labute approximate surface area is 132 Å². The van der Waals surface area contributed by atoms with Gasteiger partial charge in [-0.2, -0.15) is 11.8 Å². The molecule has 2 rings (SSSR count). The van der Waals surface area contributed by atoms with Crippen molar-refractivity contribution in [3.05, 3.63) is 34.5 Å². The summed E-state index contributed by atoms with van der Waals surface area (Å²) in [6.07, 6.45) is 2.02. The molecule has 1 aromatic heterocycles. The molecule has 0 spiro atoms. The molecule has 3 atom stereocenters. The molecule has 0 fully saturated rings. The molecule has 0 saturated carbocycles. The number of nitrogens with one attached hydrogen (secondary N) is 1. The highest BCUT2D eigenvalue weighted by Crippen LogP contribution is 2.27. The third-order valence-electron chi connectivity index (χ3n) is 3.48. The van der Waals surface area contributed by atoms with Gasteiger partial charge >= 0.3 is 0 Å². The molecule has 0 bridgehead atoms. The molecule has 0 saturated heterocycles. The van der Waals surface area contributed by atoms with Crippen molar-refractivity contribution >= 4 is 38.7 Å². The Kier molecular flexibility index (Phi) is 5.55. The Morgan fingerprint density at radius 3 is 2.75 bits per heavy atom. The monoisotopic (exact) mass is 357 g/mol. The van der Waals surface area contributed by atoms with E-state index in [0.717, 1.165) is 21.2 Å². The number of halogens is 1. The SMILES string of the molecule is CSC(CO)C(C)NC(C)c1cc2cc(Br)ccc2o1. The topological polar surface area (TPSA) is 45.4 Å². The summed E-state index contributed by atoms with van der Waals surface area (Å²) in [5.74, 6) is 0.919. The van der Waals surface area contributed by atoms with Crippen LogP contribution in [0, 0.1) is 0 Å². The number of aliphatic hydroxyl groups is 1. The Balaban J connectivity index is 2.12. The number of furan rings is 1. The molecule has 2 aromatic rings. The van der Waals surface area contributed by atoms with Gasteiger partial charge in [-0.15, -0.1) is 0 Å². The first-order valence-corrected chi connectivity index (χ1v) is 8.72. The van der Waals surface area contributed by atoms with Gasteiger partial charge in [0.2, 0.25) is 0 Å². The number of hydrogen-bond donors (Lipinski definition) is 2. The van der Waals surface area contributed by atoms with Crippen LogP contribution in [0.4, 0.5) is 0 Å². The van der Waals surface area contributed by atoms with Crippen molar-refractivity contribution in [1.29, 1.82) is 0 Å². The molecule has 3 nitrogen and oxygen atoms in total. The molecule has 0 amide bonds. The predicted octanol–water partition coefficient (Wildman–Crippen LogP) is 3.96. The zero-order valence-corrected chi connectivity index (χ0v) is 14.3. The predicted molar refractivity (Wildman–Crippen MR) is 89.3 cm³/mol. The zero-order chi connectivity index (χ0) is 14.7. The van der Waals surface area contributed by atoms with Crippen molar-refractivity contribution in [3.8, 4) is 0 Å². The van der Waals surface area contributed by atoms with Gasteiger partial charge in [-0.1, -0.05) is 15.9 Å². The van der Waals surface area contributed by atoms with Gasteiger partial charge in [0, 0.05) is 21.2 Å². The van der Waals surface area contributed by atoms with E-state index in [1.807, 2.05) is 18.4 Å². The highest BCUT2D eigenvalue weighted by atomic mass is 79.9. The smallest absolute Gasteiger partial charge is 0.134 e. The van der Waals surface area contributed by atoms with Crippen molar-refractivity contribution in [3.63, 3.8) is 0 Å². The molecule has 0 aliphatic rings. The fourth-order valence-electron chi connectivity index (χ4n) is 2.27. The average Bonchev–Trinajstić information content (AvgIpc) is 2.83. The number of aliphatic hydroxyl groups excluding tert-OH is 1. The Bertz CT molecular complexity index is 568.